The van der Waals surface area contributed by atoms with Crippen molar-refractivity contribution in [1.29, 1.82) is 0 Å². The van der Waals surface area contributed by atoms with Crippen molar-refractivity contribution in [3.05, 3.63) is 218 Å². The van der Waals surface area contributed by atoms with Crippen LogP contribution < -0.4 is 27.1 Å². The molecular weight excluding hydrogens is 952 g/mol. The lowest BCUT2D eigenvalue weighted by molar-refractivity contribution is 0.451. The van der Waals surface area contributed by atoms with E-state index < -0.39 is 23.0 Å². The lowest BCUT2D eigenvalue weighted by Crippen LogP contribution is -2.10. The van der Waals surface area contributed by atoms with Crippen molar-refractivity contribution in [2.75, 3.05) is 0 Å². The van der Waals surface area contributed by atoms with Crippen LogP contribution in [0.25, 0.3) is 98.0 Å². The fraction of sp³-hybridized carbons (Fsp3) is 0. The molecule has 16 rings (SSSR count). The summed E-state index contributed by atoms with van der Waals surface area (Å²) in [5.41, 5.74) is 5.15. The Bertz CT molecular complexity index is 3860. The van der Waals surface area contributed by atoms with Crippen molar-refractivity contribution < 1.29 is 27.1 Å². The van der Waals surface area contributed by atoms with Gasteiger partial charge in [-0.05, 0) is 101 Å². The van der Waals surface area contributed by atoms with Crippen LogP contribution in [0.1, 0.15) is 0 Å². The second-order valence-electron chi connectivity index (χ2n) is 18.2. The molecular formula is C60H36N3O6P3. The van der Waals surface area contributed by atoms with Crippen molar-refractivity contribution >= 4 is 87.6 Å². The van der Waals surface area contributed by atoms with E-state index in [2.05, 4.69) is 109 Å². The summed E-state index contributed by atoms with van der Waals surface area (Å²) in [4.78, 5) is 0. The summed E-state index contributed by atoms with van der Waals surface area (Å²) < 4.78 is 62.1. The minimum Gasteiger partial charge on any atom is -0.413 e. The molecule has 0 N–H and O–H groups in total. The van der Waals surface area contributed by atoms with Gasteiger partial charge < -0.3 is 27.1 Å². The summed E-state index contributed by atoms with van der Waals surface area (Å²) in [6.07, 6.45) is 0. The standard InChI is InChI=1S/C60H36N3O6P3/c1-7-19-43-37(13-1)25-31-49-55(43)56-44-20-8-2-14-38(44)26-32-50(56)65-70(64-49)61-71(66-51-33-27-39-15-3-9-21-45(39)57(51)58-46-22-10-4-16-40(46)28-34-52(58)67-71)63-72(62-70)68-53-35-29-41-17-5-11-23-47(41)59(53)60-48-24-12-6-18-42(48)30-36-54(60)69-72/h1-36H. The SMILES string of the molecule is c1ccc2c3c(ccc2c1)OP1(=NP2(=NP4(=N1)Oc1ccc5ccccc5c1-c1c(ccc5ccccc15)O4)Oc1ccc4ccccc4c1-c1c(ccc4ccccc14)O2)Oc1ccc2ccccc2c1-3. The molecule has 0 saturated carbocycles. The summed E-state index contributed by atoms with van der Waals surface area (Å²) in [5, 5.41) is 12.2. The van der Waals surface area contributed by atoms with E-state index in [1.165, 1.54) is 0 Å². The molecule has 12 aromatic carbocycles. The second kappa shape index (κ2) is 14.9. The van der Waals surface area contributed by atoms with Crippen molar-refractivity contribution in [2.24, 2.45) is 13.5 Å². The molecule has 0 saturated heterocycles. The van der Waals surface area contributed by atoms with E-state index in [9.17, 15) is 0 Å². The molecule has 3 spiro atoms. The van der Waals surface area contributed by atoms with Crippen LogP contribution in [0.15, 0.2) is 232 Å². The normalized spacial score (nSPS) is 16.0. The van der Waals surface area contributed by atoms with Crippen molar-refractivity contribution in [1.82, 2.24) is 0 Å². The fourth-order valence-electron chi connectivity index (χ4n) is 11.0. The van der Waals surface area contributed by atoms with E-state index in [1.54, 1.807) is 0 Å². The molecule has 0 radical (unpaired) electrons. The Labute approximate surface area is 412 Å². The predicted octanol–water partition coefficient (Wildman–Crippen LogP) is 19.2. The molecule has 0 fully saturated rings. The first-order valence-electron chi connectivity index (χ1n) is 23.7. The zero-order valence-electron chi connectivity index (χ0n) is 37.9. The average Bonchev–Trinajstić information content (AvgIpc) is 3.72. The van der Waals surface area contributed by atoms with Crippen LogP contribution in [0.5, 0.6) is 34.5 Å². The summed E-state index contributed by atoms with van der Waals surface area (Å²) in [7, 11) is -12.4. The molecule has 4 aliphatic rings. The molecule has 12 heteroatoms. The van der Waals surface area contributed by atoms with E-state index in [-0.39, 0.29) is 0 Å². The molecule has 0 atom stereocenters. The van der Waals surface area contributed by atoms with Crippen LogP contribution >= 0.6 is 23.0 Å². The zero-order chi connectivity index (χ0) is 47.2. The molecule has 0 amide bonds. The number of benzene rings is 12. The van der Waals surface area contributed by atoms with Gasteiger partial charge in [-0.2, -0.15) is 0 Å². The van der Waals surface area contributed by atoms with E-state index in [1.807, 2.05) is 109 Å². The van der Waals surface area contributed by atoms with Crippen molar-refractivity contribution in [3.63, 3.8) is 0 Å². The van der Waals surface area contributed by atoms with Crippen molar-refractivity contribution in [3.8, 4) is 67.9 Å². The largest absolute Gasteiger partial charge is 0.460 e. The molecule has 12 aromatic rings. The summed E-state index contributed by atoms with van der Waals surface area (Å²) >= 11 is 0. The Hall–Kier alpha value is -8.31. The smallest absolute Gasteiger partial charge is 0.413 e. The maximum Gasteiger partial charge on any atom is 0.460 e. The third-order valence-electron chi connectivity index (χ3n) is 14.1. The predicted molar refractivity (Wildman–Crippen MR) is 292 cm³/mol. The summed E-state index contributed by atoms with van der Waals surface area (Å²) in [6, 6.07) is 74.2. The first kappa shape index (κ1) is 40.4. The topological polar surface area (TPSA) is 92.5 Å². The van der Waals surface area contributed by atoms with Gasteiger partial charge in [0.2, 0.25) is 0 Å². The van der Waals surface area contributed by atoms with E-state index in [4.69, 9.17) is 40.7 Å². The van der Waals surface area contributed by atoms with Crippen LogP contribution in [0.4, 0.5) is 0 Å². The number of rotatable bonds is 0. The van der Waals surface area contributed by atoms with Gasteiger partial charge >= 0.3 is 23.0 Å². The van der Waals surface area contributed by atoms with Gasteiger partial charge in [-0.25, -0.2) is 0 Å². The van der Waals surface area contributed by atoms with Crippen LogP contribution in [0, 0.1) is 0 Å². The fourth-order valence-corrected chi connectivity index (χ4v) is 20.2. The highest BCUT2D eigenvalue weighted by molar-refractivity contribution is 7.79. The lowest BCUT2D eigenvalue weighted by atomic mass is 9.92. The van der Waals surface area contributed by atoms with Gasteiger partial charge in [-0.15, -0.1) is 0 Å². The van der Waals surface area contributed by atoms with Crippen LogP contribution in [0.3, 0.4) is 0 Å². The molecule has 0 unspecified atom stereocenters. The maximum absolute atomic E-state index is 7.53. The minimum absolute atomic E-state index is 0.531. The van der Waals surface area contributed by atoms with Gasteiger partial charge in [0.25, 0.3) is 0 Å². The summed E-state index contributed by atoms with van der Waals surface area (Å²) in [6.45, 7) is 0. The summed E-state index contributed by atoms with van der Waals surface area (Å²) in [5.74, 6) is 3.18. The number of fused-ring (bicyclic) bond motifs is 21. The molecule has 0 aliphatic carbocycles. The van der Waals surface area contributed by atoms with Gasteiger partial charge in [0.1, 0.15) is 34.5 Å². The molecule has 4 aliphatic heterocycles. The zero-order valence-corrected chi connectivity index (χ0v) is 40.6. The monoisotopic (exact) mass is 987 g/mol. The van der Waals surface area contributed by atoms with E-state index in [0.29, 0.717) is 34.5 Å². The second-order valence-corrected chi connectivity index (χ2v) is 24.4. The first-order chi connectivity index (χ1) is 35.5. The van der Waals surface area contributed by atoms with Gasteiger partial charge in [-0.3, -0.25) is 0 Å². The molecule has 4 heterocycles. The highest BCUT2D eigenvalue weighted by Crippen LogP contribution is 2.81. The third kappa shape index (κ3) is 5.93. The Morgan fingerprint density at radius 3 is 0.542 bits per heavy atom. The molecule has 0 bridgehead atoms. The lowest BCUT2D eigenvalue weighted by Gasteiger charge is -2.31. The Kier molecular flexibility index (Phi) is 8.35. The quantitative estimate of drug-likeness (QED) is 0.141. The van der Waals surface area contributed by atoms with Gasteiger partial charge in [0, 0.05) is 33.4 Å². The third-order valence-corrected chi connectivity index (χ3v) is 22.1. The van der Waals surface area contributed by atoms with Crippen LogP contribution in [0.2, 0.25) is 0 Å². The Morgan fingerprint density at radius 1 is 0.194 bits per heavy atom. The highest BCUT2D eigenvalue weighted by Gasteiger charge is 2.52. The van der Waals surface area contributed by atoms with Gasteiger partial charge in [0.15, 0.2) is 0 Å². The molecule has 9 nitrogen and oxygen atoms in total. The number of hydrogen-bond acceptors (Lipinski definition) is 9. The maximum atomic E-state index is 7.53. The number of nitrogens with zero attached hydrogens (tertiary/aromatic N) is 3. The molecule has 342 valence electrons. The number of hydrogen-bond donors (Lipinski definition) is 0. The van der Waals surface area contributed by atoms with Crippen LogP contribution in [-0.4, -0.2) is 0 Å². The van der Waals surface area contributed by atoms with Gasteiger partial charge in [-0.1, -0.05) is 196 Å². The first-order valence-corrected chi connectivity index (χ1v) is 28.3. The van der Waals surface area contributed by atoms with Crippen LogP contribution in [-0.2, 0) is 0 Å². The average molecular weight is 988 g/mol. The van der Waals surface area contributed by atoms with E-state index >= 15 is 0 Å². The van der Waals surface area contributed by atoms with Gasteiger partial charge in [0.05, 0.1) is 0 Å². The van der Waals surface area contributed by atoms with Crippen molar-refractivity contribution in [2.45, 2.75) is 0 Å². The minimum atomic E-state index is -4.14. The molecule has 72 heavy (non-hydrogen) atoms. The highest BCUT2D eigenvalue weighted by atomic mass is 31.3. The van der Waals surface area contributed by atoms with E-state index in [0.717, 1.165) is 98.0 Å². The Balaban J connectivity index is 1.06. The molecule has 0 aromatic heterocycles. The Morgan fingerprint density at radius 2 is 0.361 bits per heavy atom.